The van der Waals surface area contributed by atoms with Crippen LogP contribution >= 0.6 is 0 Å². The third kappa shape index (κ3) is 3.88. The van der Waals surface area contributed by atoms with Crippen molar-refractivity contribution < 1.29 is 9.47 Å². The molecule has 0 N–H and O–H groups in total. The van der Waals surface area contributed by atoms with Crippen molar-refractivity contribution in [3.8, 4) is 11.8 Å². The first kappa shape index (κ1) is 18.5. The molecule has 0 amide bonds. The molecule has 0 aliphatic carbocycles. The van der Waals surface area contributed by atoms with E-state index in [4.69, 9.17) is 14.5 Å². The van der Waals surface area contributed by atoms with Crippen molar-refractivity contribution >= 4 is 17.7 Å². The molecular weight excluding hydrogens is 358 g/mol. The Kier molecular flexibility index (Phi) is 5.31. The molecule has 2 aromatic rings. The molecule has 0 unspecified atom stereocenters. The van der Waals surface area contributed by atoms with Crippen molar-refractivity contribution in [2.75, 3.05) is 68.2 Å². The van der Waals surface area contributed by atoms with Gasteiger partial charge in [-0.1, -0.05) is 0 Å². The van der Waals surface area contributed by atoms with E-state index in [1.54, 1.807) is 20.3 Å². The number of nitrogens with zero attached hydrogens (tertiary/aromatic N) is 7. The highest BCUT2D eigenvalue weighted by Gasteiger charge is 2.23. The SMILES string of the molecule is COc1cc(OC)nc(N2CCN(c3nc(C)cc(N4CCCC4)n3)CC2)n1. The highest BCUT2D eigenvalue weighted by atomic mass is 16.5. The summed E-state index contributed by atoms with van der Waals surface area (Å²) in [7, 11) is 3.19. The molecule has 9 heteroatoms. The van der Waals surface area contributed by atoms with Crippen LogP contribution in [0.4, 0.5) is 17.7 Å². The average Bonchev–Trinajstić information content (AvgIpc) is 3.28. The third-order valence-corrected chi connectivity index (χ3v) is 5.19. The molecule has 0 bridgehead atoms. The van der Waals surface area contributed by atoms with E-state index in [-0.39, 0.29) is 0 Å². The Balaban J connectivity index is 1.47. The molecule has 4 heterocycles. The van der Waals surface area contributed by atoms with Gasteiger partial charge in [0.1, 0.15) is 5.82 Å². The molecule has 0 spiro atoms. The minimum Gasteiger partial charge on any atom is -0.481 e. The first-order chi connectivity index (χ1) is 13.7. The number of hydrogen-bond acceptors (Lipinski definition) is 9. The summed E-state index contributed by atoms with van der Waals surface area (Å²) in [6, 6.07) is 3.77. The fourth-order valence-corrected chi connectivity index (χ4v) is 3.64. The second-order valence-electron chi connectivity index (χ2n) is 7.09. The zero-order chi connectivity index (χ0) is 19.5. The van der Waals surface area contributed by atoms with Crippen molar-refractivity contribution in [3.05, 3.63) is 17.8 Å². The monoisotopic (exact) mass is 385 g/mol. The summed E-state index contributed by atoms with van der Waals surface area (Å²) in [6.45, 7) is 7.39. The van der Waals surface area contributed by atoms with Crippen molar-refractivity contribution in [2.24, 2.45) is 0 Å². The lowest BCUT2D eigenvalue weighted by Gasteiger charge is -2.35. The molecule has 28 heavy (non-hydrogen) atoms. The van der Waals surface area contributed by atoms with Crippen molar-refractivity contribution in [3.63, 3.8) is 0 Å². The van der Waals surface area contributed by atoms with E-state index in [0.717, 1.165) is 56.7 Å². The van der Waals surface area contributed by atoms with E-state index in [9.17, 15) is 0 Å². The maximum Gasteiger partial charge on any atom is 0.232 e. The summed E-state index contributed by atoms with van der Waals surface area (Å²) < 4.78 is 10.5. The predicted octanol–water partition coefficient (Wildman–Crippen LogP) is 1.52. The summed E-state index contributed by atoms with van der Waals surface area (Å²) >= 11 is 0. The molecule has 2 saturated heterocycles. The van der Waals surface area contributed by atoms with E-state index in [1.807, 2.05) is 6.92 Å². The minimum atomic E-state index is 0.501. The molecule has 150 valence electrons. The van der Waals surface area contributed by atoms with Gasteiger partial charge in [0.05, 0.1) is 20.3 Å². The van der Waals surface area contributed by atoms with Crippen molar-refractivity contribution in [2.45, 2.75) is 19.8 Å². The molecule has 0 aromatic carbocycles. The van der Waals surface area contributed by atoms with Gasteiger partial charge in [0.25, 0.3) is 0 Å². The molecule has 2 aliphatic rings. The van der Waals surface area contributed by atoms with Crippen LogP contribution in [0.5, 0.6) is 11.8 Å². The Morgan fingerprint density at radius 1 is 0.679 bits per heavy atom. The number of anilines is 3. The number of piperazine rings is 1. The van der Waals surface area contributed by atoms with Crippen LogP contribution in [0.15, 0.2) is 12.1 Å². The van der Waals surface area contributed by atoms with E-state index < -0.39 is 0 Å². The number of hydrogen-bond donors (Lipinski definition) is 0. The van der Waals surface area contributed by atoms with Crippen LogP contribution in [0.25, 0.3) is 0 Å². The van der Waals surface area contributed by atoms with Crippen LogP contribution in [-0.4, -0.2) is 73.4 Å². The quantitative estimate of drug-likeness (QED) is 0.761. The first-order valence-corrected chi connectivity index (χ1v) is 9.74. The van der Waals surface area contributed by atoms with Crippen LogP contribution in [-0.2, 0) is 0 Å². The molecular formula is C19H27N7O2. The number of methoxy groups -OCH3 is 2. The molecule has 4 rings (SSSR count). The van der Waals surface area contributed by atoms with Gasteiger partial charge in [-0.2, -0.15) is 15.0 Å². The van der Waals surface area contributed by atoms with Gasteiger partial charge in [-0.15, -0.1) is 0 Å². The van der Waals surface area contributed by atoms with Crippen LogP contribution < -0.4 is 24.2 Å². The zero-order valence-corrected chi connectivity index (χ0v) is 16.8. The Labute approximate surface area is 165 Å². The Morgan fingerprint density at radius 3 is 1.75 bits per heavy atom. The third-order valence-electron chi connectivity index (χ3n) is 5.19. The molecule has 0 atom stereocenters. The predicted molar refractivity (Wildman–Crippen MR) is 108 cm³/mol. The van der Waals surface area contributed by atoms with Crippen molar-refractivity contribution in [1.29, 1.82) is 0 Å². The number of ether oxygens (including phenoxy) is 2. The normalized spacial score (nSPS) is 17.2. The standard InChI is InChI=1S/C19H27N7O2/c1-14-12-15(24-6-4-5-7-24)21-18(20-14)25-8-10-26(11-9-25)19-22-16(27-2)13-17(23-19)28-3/h12-13H,4-11H2,1-3H3. The maximum atomic E-state index is 5.26. The Bertz CT molecular complexity index is 796. The largest absolute Gasteiger partial charge is 0.481 e. The summed E-state index contributed by atoms with van der Waals surface area (Å²) in [4.78, 5) is 25.2. The van der Waals surface area contributed by atoms with Crippen LogP contribution in [0, 0.1) is 6.92 Å². The number of rotatable bonds is 5. The highest BCUT2D eigenvalue weighted by Crippen LogP contribution is 2.24. The average molecular weight is 385 g/mol. The molecule has 2 aliphatic heterocycles. The summed E-state index contributed by atoms with van der Waals surface area (Å²) in [5.74, 6) is 3.48. The smallest absolute Gasteiger partial charge is 0.232 e. The van der Waals surface area contributed by atoms with Crippen molar-refractivity contribution in [1.82, 2.24) is 19.9 Å². The van der Waals surface area contributed by atoms with E-state index in [2.05, 4.69) is 35.7 Å². The van der Waals surface area contributed by atoms with Crippen LogP contribution in [0.1, 0.15) is 18.5 Å². The maximum absolute atomic E-state index is 5.26. The topological polar surface area (TPSA) is 79.7 Å². The second-order valence-corrected chi connectivity index (χ2v) is 7.09. The van der Waals surface area contributed by atoms with Crippen LogP contribution in [0.2, 0.25) is 0 Å². The lowest BCUT2D eigenvalue weighted by atomic mass is 10.3. The summed E-state index contributed by atoms with van der Waals surface area (Å²) in [5.41, 5.74) is 1.01. The number of aryl methyl sites for hydroxylation is 1. The lowest BCUT2D eigenvalue weighted by Crippen LogP contribution is -2.47. The lowest BCUT2D eigenvalue weighted by molar-refractivity contribution is 0.371. The van der Waals surface area contributed by atoms with Gasteiger partial charge in [0.15, 0.2) is 0 Å². The van der Waals surface area contributed by atoms with Gasteiger partial charge < -0.3 is 24.2 Å². The van der Waals surface area contributed by atoms with Gasteiger partial charge >= 0.3 is 0 Å². The fraction of sp³-hybridized carbons (Fsp3) is 0.579. The summed E-state index contributed by atoms with van der Waals surface area (Å²) in [6.07, 6.45) is 2.47. The van der Waals surface area contributed by atoms with E-state index in [0.29, 0.717) is 17.7 Å². The second kappa shape index (κ2) is 8.04. The van der Waals surface area contributed by atoms with E-state index >= 15 is 0 Å². The molecule has 2 aromatic heterocycles. The Morgan fingerprint density at radius 2 is 1.21 bits per heavy atom. The number of aromatic nitrogens is 4. The van der Waals surface area contributed by atoms with E-state index in [1.165, 1.54) is 12.8 Å². The zero-order valence-electron chi connectivity index (χ0n) is 16.8. The van der Waals surface area contributed by atoms with Gasteiger partial charge in [0, 0.05) is 51.0 Å². The fourth-order valence-electron chi connectivity index (χ4n) is 3.64. The van der Waals surface area contributed by atoms with Gasteiger partial charge in [-0.3, -0.25) is 0 Å². The summed E-state index contributed by atoms with van der Waals surface area (Å²) in [5, 5.41) is 0. The van der Waals surface area contributed by atoms with Gasteiger partial charge in [0.2, 0.25) is 23.7 Å². The highest BCUT2D eigenvalue weighted by molar-refractivity contribution is 5.48. The Hall–Kier alpha value is -2.84. The molecule has 0 radical (unpaired) electrons. The molecule has 0 saturated carbocycles. The van der Waals surface area contributed by atoms with Crippen LogP contribution in [0.3, 0.4) is 0 Å². The molecule has 9 nitrogen and oxygen atoms in total. The first-order valence-electron chi connectivity index (χ1n) is 9.74. The molecule has 2 fully saturated rings. The minimum absolute atomic E-state index is 0.501. The van der Waals surface area contributed by atoms with Gasteiger partial charge in [-0.05, 0) is 19.8 Å². The van der Waals surface area contributed by atoms with Gasteiger partial charge in [-0.25, -0.2) is 4.98 Å².